The first kappa shape index (κ1) is 18.6. The van der Waals surface area contributed by atoms with Gasteiger partial charge in [0.2, 0.25) is 5.91 Å². The molecule has 1 unspecified atom stereocenters. The molecule has 27 heavy (non-hydrogen) atoms. The molecule has 0 spiro atoms. The summed E-state index contributed by atoms with van der Waals surface area (Å²) in [5.41, 5.74) is 0.969. The number of nitrogens with one attached hydrogen (secondary N) is 1. The molecule has 0 saturated heterocycles. The van der Waals surface area contributed by atoms with Crippen LogP contribution in [0, 0.1) is 23.2 Å². The van der Waals surface area contributed by atoms with Crippen molar-refractivity contribution in [2.75, 3.05) is 13.2 Å². The summed E-state index contributed by atoms with van der Waals surface area (Å²) in [6.45, 7) is 7.22. The van der Waals surface area contributed by atoms with Gasteiger partial charge < -0.3 is 14.8 Å². The van der Waals surface area contributed by atoms with Crippen LogP contribution in [0.2, 0.25) is 0 Å². The first-order valence-electron chi connectivity index (χ1n) is 10.7. The monoisotopic (exact) mass is 371 g/mol. The number of hydrogen-bond donors (Lipinski definition) is 1. The van der Waals surface area contributed by atoms with E-state index in [1.807, 2.05) is 32.0 Å². The second-order valence-electron chi connectivity index (χ2n) is 8.97. The van der Waals surface area contributed by atoms with Crippen molar-refractivity contribution < 1.29 is 14.3 Å². The van der Waals surface area contributed by atoms with Crippen molar-refractivity contribution >= 4 is 5.91 Å². The van der Waals surface area contributed by atoms with Crippen molar-refractivity contribution in [1.29, 1.82) is 0 Å². The first-order valence-corrected chi connectivity index (χ1v) is 10.7. The minimum absolute atomic E-state index is 0.0274. The number of hydrogen-bond acceptors (Lipinski definition) is 3. The summed E-state index contributed by atoms with van der Waals surface area (Å²) in [6.07, 6.45) is 7.39. The molecule has 4 nitrogen and oxygen atoms in total. The molecule has 4 heteroatoms. The summed E-state index contributed by atoms with van der Waals surface area (Å²) in [6, 6.07) is 5.98. The fourth-order valence-electron chi connectivity index (χ4n) is 6.16. The van der Waals surface area contributed by atoms with Gasteiger partial charge in [0.25, 0.3) is 0 Å². The Bertz CT molecular complexity index is 664. The predicted molar refractivity (Wildman–Crippen MR) is 106 cm³/mol. The van der Waals surface area contributed by atoms with E-state index >= 15 is 0 Å². The highest BCUT2D eigenvalue weighted by atomic mass is 16.5. The molecule has 4 bridgehead atoms. The zero-order valence-corrected chi connectivity index (χ0v) is 16.9. The maximum absolute atomic E-state index is 13.3. The normalized spacial score (nSPS) is 32.2. The zero-order chi connectivity index (χ0) is 19.0. The van der Waals surface area contributed by atoms with Crippen LogP contribution in [0.1, 0.15) is 70.9 Å². The molecule has 4 fully saturated rings. The molecule has 4 aliphatic rings. The maximum Gasteiger partial charge on any atom is 0.226 e. The summed E-state index contributed by atoms with van der Waals surface area (Å²) >= 11 is 0. The Balaban J connectivity index is 1.48. The number of ether oxygens (including phenoxy) is 2. The molecule has 0 aromatic heterocycles. The summed E-state index contributed by atoms with van der Waals surface area (Å²) in [4.78, 5) is 13.3. The highest BCUT2D eigenvalue weighted by Gasteiger charge is 2.54. The third-order valence-electron chi connectivity index (χ3n) is 6.93. The van der Waals surface area contributed by atoms with E-state index in [0.717, 1.165) is 54.1 Å². The van der Waals surface area contributed by atoms with E-state index in [-0.39, 0.29) is 17.4 Å². The molecule has 1 aromatic rings. The highest BCUT2D eigenvalue weighted by Crippen LogP contribution is 2.60. The molecule has 0 aliphatic heterocycles. The molecule has 1 aromatic carbocycles. The summed E-state index contributed by atoms with van der Waals surface area (Å²) in [5, 5.41) is 3.34. The van der Waals surface area contributed by atoms with E-state index < -0.39 is 0 Å². The van der Waals surface area contributed by atoms with Gasteiger partial charge in [-0.15, -0.1) is 0 Å². The molecule has 5 rings (SSSR count). The topological polar surface area (TPSA) is 47.6 Å². The molecule has 4 saturated carbocycles. The van der Waals surface area contributed by atoms with E-state index in [9.17, 15) is 4.79 Å². The Labute approximate surface area is 163 Å². The lowest BCUT2D eigenvalue weighted by Gasteiger charge is -2.55. The van der Waals surface area contributed by atoms with Gasteiger partial charge in [0.15, 0.2) is 11.5 Å². The van der Waals surface area contributed by atoms with Crippen molar-refractivity contribution in [2.45, 2.75) is 65.3 Å². The van der Waals surface area contributed by atoms with Gasteiger partial charge in [0, 0.05) is 5.41 Å². The summed E-state index contributed by atoms with van der Waals surface area (Å²) in [7, 11) is 0. The van der Waals surface area contributed by atoms with E-state index in [2.05, 4.69) is 12.2 Å². The highest BCUT2D eigenvalue weighted by molar-refractivity contribution is 5.83. The standard InChI is InChI=1S/C23H33NO3/c1-4-26-20-7-6-19(11-21(20)27-5-2)15(3)24-22(25)23-12-16-8-17(13-23)10-18(9-16)14-23/h6-7,11,15-18H,4-5,8-10,12-14H2,1-3H3,(H,24,25). The maximum atomic E-state index is 13.3. The van der Waals surface area contributed by atoms with E-state index in [4.69, 9.17) is 9.47 Å². The quantitative estimate of drug-likeness (QED) is 0.743. The average Bonchev–Trinajstić information content (AvgIpc) is 2.62. The van der Waals surface area contributed by atoms with Crippen LogP contribution in [-0.4, -0.2) is 19.1 Å². The fourth-order valence-corrected chi connectivity index (χ4v) is 6.16. The number of benzene rings is 1. The minimum Gasteiger partial charge on any atom is -0.490 e. The smallest absolute Gasteiger partial charge is 0.226 e. The lowest BCUT2D eigenvalue weighted by molar-refractivity contribution is -0.147. The summed E-state index contributed by atoms with van der Waals surface area (Å²) in [5.74, 6) is 4.16. The summed E-state index contributed by atoms with van der Waals surface area (Å²) < 4.78 is 11.4. The van der Waals surface area contributed by atoms with Gasteiger partial charge >= 0.3 is 0 Å². The third kappa shape index (κ3) is 3.55. The van der Waals surface area contributed by atoms with Crippen LogP contribution in [0.5, 0.6) is 11.5 Å². The van der Waals surface area contributed by atoms with Gasteiger partial charge in [-0.2, -0.15) is 0 Å². The number of rotatable bonds is 7. The Morgan fingerprint density at radius 2 is 1.59 bits per heavy atom. The Morgan fingerprint density at radius 3 is 2.15 bits per heavy atom. The van der Waals surface area contributed by atoms with Crippen molar-refractivity contribution in [3.05, 3.63) is 23.8 Å². The van der Waals surface area contributed by atoms with Crippen molar-refractivity contribution in [3.63, 3.8) is 0 Å². The van der Waals surface area contributed by atoms with Crippen molar-refractivity contribution in [2.24, 2.45) is 23.2 Å². The average molecular weight is 372 g/mol. The van der Waals surface area contributed by atoms with Crippen LogP contribution in [-0.2, 0) is 4.79 Å². The van der Waals surface area contributed by atoms with Gasteiger partial charge in [-0.3, -0.25) is 4.79 Å². The van der Waals surface area contributed by atoms with Crippen LogP contribution in [0.15, 0.2) is 18.2 Å². The largest absolute Gasteiger partial charge is 0.490 e. The molecule has 0 heterocycles. The van der Waals surface area contributed by atoms with E-state index in [0.29, 0.717) is 13.2 Å². The first-order chi connectivity index (χ1) is 13.0. The SMILES string of the molecule is CCOc1ccc(C(C)NC(=O)C23CC4CC(CC(C4)C2)C3)cc1OCC. The van der Waals surface area contributed by atoms with Crippen LogP contribution < -0.4 is 14.8 Å². The number of carbonyl (C=O) groups excluding carboxylic acids is 1. The van der Waals surface area contributed by atoms with Crippen molar-refractivity contribution in [1.82, 2.24) is 5.32 Å². The van der Waals surface area contributed by atoms with Gasteiger partial charge in [0.1, 0.15) is 0 Å². The Hall–Kier alpha value is -1.71. The van der Waals surface area contributed by atoms with Crippen LogP contribution >= 0.6 is 0 Å². The molecule has 1 atom stereocenters. The third-order valence-corrected chi connectivity index (χ3v) is 6.93. The lowest BCUT2D eigenvalue weighted by Crippen LogP contribution is -2.53. The minimum atomic E-state index is -0.100. The zero-order valence-electron chi connectivity index (χ0n) is 16.9. The van der Waals surface area contributed by atoms with Gasteiger partial charge in [-0.1, -0.05) is 6.07 Å². The van der Waals surface area contributed by atoms with Gasteiger partial charge in [-0.05, 0) is 94.7 Å². The fraction of sp³-hybridized carbons (Fsp3) is 0.696. The number of amides is 1. The van der Waals surface area contributed by atoms with E-state index in [1.165, 1.54) is 19.3 Å². The molecule has 1 amide bonds. The van der Waals surface area contributed by atoms with Crippen LogP contribution in [0.4, 0.5) is 0 Å². The van der Waals surface area contributed by atoms with Crippen molar-refractivity contribution in [3.8, 4) is 11.5 Å². The number of carbonyl (C=O) groups is 1. The lowest BCUT2D eigenvalue weighted by atomic mass is 9.49. The molecule has 0 radical (unpaired) electrons. The predicted octanol–water partition coefficient (Wildman–Crippen LogP) is 4.88. The van der Waals surface area contributed by atoms with Crippen LogP contribution in [0.25, 0.3) is 0 Å². The Morgan fingerprint density at radius 1 is 1.04 bits per heavy atom. The molecular weight excluding hydrogens is 338 g/mol. The van der Waals surface area contributed by atoms with E-state index in [1.54, 1.807) is 0 Å². The molecule has 148 valence electrons. The molecular formula is C23H33NO3. The Kier molecular flexibility index (Phi) is 5.09. The van der Waals surface area contributed by atoms with Gasteiger partial charge in [-0.25, -0.2) is 0 Å². The van der Waals surface area contributed by atoms with Crippen LogP contribution in [0.3, 0.4) is 0 Å². The molecule has 4 aliphatic carbocycles. The second-order valence-corrected chi connectivity index (χ2v) is 8.97. The van der Waals surface area contributed by atoms with Gasteiger partial charge in [0.05, 0.1) is 19.3 Å². The molecule has 1 N–H and O–H groups in total. The second kappa shape index (κ2) is 7.37.